The highest BCUT2D eigenvalue weighted by Crippen LogP contribution is 2.38. The number of phosphoric ester groups is 1. The van der Waals surface area contributed by atoms with Crippen LogP contribution in [0.3, 0.4) is 0 Å². The van der Waals surface area contributed by atoms with Crippen LogP contribution in [0.15, 0.2) is 24.5 Å². The second-order valence-electron chi connectivity index (χ2n) is 17.5. The van der Waals surface area contributed by atoms with E-state index < -0.39 is 13.9 Å². The van der Waals surface area contributed by atoms with E-state index in [0.29, 0.717) is 17.4 Å². The number of phosphoric acid groups is 1. The Kier molecular flexibility index (Phi) is 40.7. The average Bonchev–Trinajstić information content (AvgIpc) is 3.16. The minimum Gasteiger partial charge on any atom is -0.756 e. The summed E-state index contributed by atoms with van der Waals surface area (Å²) in [7, 11) is 1.33. The van der Waals surface area contributed by atoms with Crippen molar-refractivity contribution in [2.45, 2.75) is 232 Å². The topological polar surface area (TPSA) is 94.1 Å². The van der Waals surface area contributed by atoms with E-state index in [1.54, 1.807) is 6.26 Å². The molecule has 9 heteroatoms. The molecule has 2 atom stereocenters. The summed E-state index contributed by atoms with van der Waals surface area (Å²) in [6.45, 7) is 4.76. The Balaban J connectivity index is 4.21. The quantitative estimate of drug-likeness (QED) is 0.0151. The zero-order chi connectivity index (χ0) is 42.0. The van der Waals surface area contributed by atoms with Crippen LogP contribution in [0.1, 0.15) is 226 Å². The molecule has 0 spiro atoms. The van der Waals surface area contributed by atoms with Crippen molar-refractivity contribution in [2.75, 3.05) is 47.5 Å². The van der Waals surface area contributed by atoms with Gasteiger partial charge in [-0.1, -0.05) is 187 Å². The highest BCUT2D eigenvalue weighted by atomic mass is 31.2. The number of carbonyl (C=O) groups is 1. The van der Waals surface area contributed by atoms with Crippen molar-refractivity contribution in [3.8, 4) is 0 Å². The lowest BCUT2D eigenvalue weighted by Crippen LogP contribution is -2.37. The summed E-state index contributed by atoms with van der Waals surface area (Å²) >= 11 is 0. The number of hydrogen-bond donors (Lipinski definition) is 0. The number of quaternary nitrogens is 1. The van der Waals surface area contributed by atoms with E-state index in [-0.39, 0.29) is 25.8 Å². The number of likely N-dealkylation sites (N-methyl/N-ethyl adjacent to an activating group) is 1. The molecule has 0 aromatic carbocycles. The van der Waals surface area contributed by atoms with E-state index >= 15 is 0 Å². The Hall–Kier alpha value is -1.18. The molecule has 0 bridgehead atoms. The number of allylic oxidation sites excluding steroid dienone is 3. The van der Waals surface area contributed by atoms with Gasteiger partial charge in [0.2, 0.25) is 0 Å². The molecule has 0 aliphatic carbocycles. The fourth-order valence-corrected chi connectivity index (χ4v) is 7.53. The third kappa shape index (κ3) is 45.7. The molecule has 0 radical (unpaired) electrons. The lowest BCUT2D eigenvalue weighted by Gasteiger charge is -2.28. The molecule has 0 heterocycles. The standard InChI is InChI=1S/C48H94NO7P/c1-6-8-10-12-14-16-18-20-22-24-25-26-27-29-31-33-35-37-39-41-48(50)56-47(46-55-57(51,52)54-44-42-49(3,4)5)45-53-43-40-38-36-34-32-30-28-23-21-19-17-15-13-11-9-7-2/h20,22,40,43,47H,6-19,21,23-39,41-42,44-46H2,1-5H3/b22-20-,43-40-/t47-/m1/s1. The van der Waals surface area contributed by atoms with Crippen molar-refractivity contribution in [2.24, 2.45) is 0 Å². The lowest BCUT2D eigenvalue weighted by atomic mass is 10.0. The maximum absolute atomic E-state index is 12.7. The minimum atomic E-state index is -4.54. The van der Waals surface area contributed by atoms with Gasteiger partial charge >= 0.3 is 5.97 Å². The number of hydrogen-bond acceptors (Lipinski definition) is 7. The van der Waals surface area contributed by atoms with E-state index in [2.05, 4.69) is 26.0 Å². The minimum absolute atomic E-state index is 0.0181. The number of carbonyl (C=O) groups excluding carboxylic acids is 1. The molecule has 1 unspecified atom stereocenters. The molecule has 0 rings (SSSR count). The van der Waals surface area contributed by atoms with Crippen LogP contribution in [0.5, 0.6) is 0 Å². The third-order valence-electron chi connectivity index (χ3n) is 10.6. The maximum Gasteiger partial charge on any atom is 0.306 e. The molecule has 0 aliphatic heterocycles. The Labute approximate surface area is 353 Å². The molecule has 0 saturated carbocycles. The van der Waals surface area contributed by atoms with E-state index in [1.165, 1.54) is 173 Å². The first kappa shape index (κ1) is 55.8. The van der Waals surface area contributed by atoms with E-state index in [0.717, 1.165) is 32.1 Å². The summed E-state index contributed by atoms with van der Waals surface area (Å²) in [4.78, 5) is 25.1. The predicted octanol–water partition coefficient (Wildman–Crippen LogP) is 14.1. The van der Waals surface area contributed by atoms with Crippen LogP contribution in [-0.4, -0.2) is 64.1 Å². The van der Waals surface area contributed by atoms with E-state index in [4.69, 9.17) is 18.5 Å². The van der Waals surface area contributed by atoms with Crippen LogP contribution < -0.4 is 4.89 Å². The molecule has 0 aliphatic rings. The van der Waals surface area contributed by atoms with Gasteiger partial charge in [0.25, 0.3) is 7.82 Å². The molecule has 8 nitrogen and oxygen atoms in total. The van der Waals surface area contributed by atoms with E-state index in [1.807, 2.05) is 27.2 Å². The Morgan fingerprint density at radius 1 is 0.544 bits per heavy atom. The molecule has 0 saturated heterocycles. The molecule has 0 fully saturated rings. The smallest absolute Gasteiger partial charge is 0.306 e. The first-order valence-corrected chi connectivity index (χ1v) is 25.6. The molecule has 338 valence electrons. The molecular weight excluding hydrogens is 734 g/mol. The van der Waals surface area contributed by atoms with Crippen molar-refractivity contribution in [3.05, 3.63) is 24.5 Å². The average molecular weight is 828 g/mol. The Morgan fingerprint density at radius 3 is 1.35 bits per heavy atom. The van der Waals surface area contributed by atoms with Crippen molar-refractivity contribution in [1.29, 1.82) is 0 Å². The molecule has 0 amide bonds. The Bertz CT molecular complexity index is 967. The number of ether oxygens (including phenoxy) is 2. The fraction of sp³-hybridized carbons (Fsp3) is 0.896. The van der Waals surface area contributed by atoms with Gasteiger partial charge in [0.1, 0.15) is 19.8 Å². The summed E-state index contributed by atoms with van der Waals surface area (Å²) in [5, 5.41) is 0. The van der Waals surface area contributed by atoms with Crippen LogP contribution in [0.25, 0.3) is 0 Å². The third-order valence-corrected chi connectivity index (χ3v) is 11.5. The molecular formula is C48H94NO7P. The molecule has 0 aromatic heterocycles. The SMILES string of the molecule is CCCCCCCC/C=C\CCCCCCCCCCCC(=O)O[C@H](CO/C=C\CCCCCCCCCCCCCCCC)COP(=O)([O-])OCC[N+](C)(C)C. The second kappa shape index (κ2) is 41.5. The second-order valence-corrected chi connectivity index (χ2v) is 19.0. The highest BCUT2D eigenvalue weighted by molar-refractivity contribution is 7.45. The largest absolute Gasteiger partial charge is 0.756 e. The Morgan fingerprint density at radius 2 is 0.930 bits per heavy atom. The van der Waals surface area contributed by atoms with Gasteiger partial charge in [0, 0.05) is 6.42 Å². The normalized spacial score (nSPS) is 13.8. The molecule has 0 N–H and O–H groups in total. The highest BCUT2D eigenvalue weighted by Gasteiger charge is 2.20. The molecule has 57 heavy (non-hydrogen) atoms. The van der Waals surface area contributed by atoms with Gasteiger partial charge in [-0.05, 0) is 51.0 Å². The first-order valence-electron chi connectivity index (χ1n) is 24.1. The van der Waals surface area contributed by atoms with Crippen molar-refractivity contribution in [3.63, 3.8) is 0 Å². The van der Waals surface area contributed by atoms with Gasteiger partial charge in [0.05, 0.1) is 34.0 Å². The number of rotatable bonds is 45. The summed E-state index contributed by atoms with van der Waals surface area (Å²) in [6, 6.07) is 0. The van der Waals surface area contributed by atoms with E-state index in [9.17, 15) is 14.3 Å². The molecule has 0 aromatic rings. The monoisotopic (exact) mass is 828 g/mol. The van der Waals surface area contributed by atoms with Crippen LogP contribution in [0.2, 0.25) is 0 Å². The lowest BCUT2D eigenvalue weighted by molar-refractivity contribution is -0.870. The van der Waals surface area contributed by atoms with Crippen molar-refractivity contribution >= 4 is 13.8 Å². The first-order chi connectivity index (χ1) is 27.6. The van der Waals surface area contributed by atoms with Crippen LogP contribution >= 0.6 is 7.82 Å². The van der Waals surface area contributed by atoms with Crippen LogP contribution in [0.4, 0.5) is 0 Å². The van der Waals surface area contributed by atoms with Gasteiger partial charge in [-0.15, -0.1) is 0 Å². The number of esters is 1. The van der Waals surface area contributed by atoms with Crippen LogP contribution in [0, 0.1) is 0 Å². The van der Waals surface area contributed by atoms with Gasteiger partial charge < -0.3 is 27.9 Å². The van der Waals surface area contributed by atoms with Crippen LogP contribution in [-0.2, 0) is 27.9 Å². The summed E-state index contributed by atoms with van der Waals surface area (Å²) in [5.74, 6) is -0.355. The zero-order valence-electron chi connectivity index (χ0n) is 38.3. The van der Waals surface area contributed by atoms with Gasteiger partial charge in [0.15, 0.2) is 6.10 Å². The van der Waals surface area contributed by atoms with Gasteiger partial charge in [-0.3, -0.25) is 9.36 Å². The predicted molar refractivity (Wildman–Crippen MR) is 240 cm³/mol. The zero-order valence-corrected chi connectivity index (χ0v) is 39.2. The fourth-order valence-electron chi connectivity index (χ4n) is 6.80. The van der Waals surface area contributed by atoms with Gasteiger partial charge in [-0.2, -0.15) is 0 Å². The number of unbranched alkanes of at least 4 members (excludes halogenated alkanes) is 29. The summed E-state index contributed by atoms with van der Waals surface area (Å²) in [6.07, 6.45) is 48.6. The summed E-state index contributed by atoms with van der Waals surface area (Å²) in [5.41, 5.74) is 0. The maximum atomic E-state index is 12.7. The number of nitrogens with zero attached hydrogens (tertiary/aromatic N) is 1. The van der Waals surface area contributed by atoms with Gasteiger partial charge in [-0.25, -0.2) is 0 Å². The van der Waals surface area contributed by atoms with Crippen molar-refractivity contribution < 1.29 is 37.3 Å². The summed E-state index contributed by atoms with van der Waals surface area (Å²) < 4.78 is 34.4. The van der Waals surface area contributed by atoms with Crippen molar-refractivity contribution in [1.82, 2.24) is 0 Å².